The van der Waals surface area contributed by atoms with Crippen LogP contribution in [0.25, 0.3) is 21.9 Å². The smallest absolute Gasteiger partial charge is 0.216 e. The third kappa shape index (κ3) is 3.92. The number of aromatic nitrogens is 1. The molecule has 0 amide bonds. The van der Waals surface area contributed by atoms with Crippen LogP contribution in [0.3, 0.4) is 0 Å². The van der Waals surface area contributed by atoms with Gasteiger partial charge in [0, 0.05) is 47.6 Å². The molecule has 0 spiro atoms. The van der Waals surface area contributed by atoms with E-state index < -0.39 is 10.0 Å². The van der Waals surface area contributed by atoms with E-state index in [2.05, 4.69) is 28.5 Å². The van der Waals surface area contributed by atoms with Crippen LogP contribution in [-0.2, 0) is 10.0 Å². The summed E-state index contributed by atoms with van der Waals surface area (Å²) in [6.45, 7) is 1.17. The van der Waals surface area contributed by atoms with Crippen molar-refractivity contribution in [3.8, 4) is 11.1 Å². The van der Waals surface area contributed by atoms with Crippen LogP contribution in [0.15, 0.2) is 54.9 Å². The Morgan fingerprint density at radius 1 is 1.00 bits per heavy atom. The van der Waals surface area contributed by atoms with Crippen molar-refractivity contribution in [2.75, 3.05) is 18.4 Å². The van der Waals surface area contributed by atoms with Crippen molar-refractivity contribution in [1.29, 1.82) is 0 Å². The minimum Gasteiger partial charge on any atom is -0.382 e. The highest BCUT2D eigenvalue weighted by molar-refractivity contribution is 7.90. The van der Waals surface area contributed by atoms with E-state index in [1.807, 2.05) is 30.5 Å². The first-order valence-corrected chi connectivity index (χ1v) is 12.3. The van der Waals surface area contributed by atoms with Crippen molar-refractivity contribution in [3.63, 3.8) is 0 Å². The molecule has 0 unspecified atom stereocenters. The van der Waals surface area contributed by atoms with Gasteiger partial charge in [0.15, 0.2) is 0 Å². The summed E-state index contributed by atoms with van der Waals surface area (Å²) in [5, 5.41) is 6.42. The number of sulfonamides is 1. The van der Waals surface area contributed by atoms with E-state index in [1.165, 1.54) is 0 Å². The van der Waals surface area contributed by atoms with E-state index >= 15 is 0 Å². The Labute approximate surface area is 182 Å². The van der Waals surface area contributed by atoms with Crippen LogP contribution < -0.4 is 5.32 Å². The van der Waals surface area contributed by atoms with Crippen LogP contribution in [-0.4, -0.2) is 42.1 Å². The predicted molar refractivity (Wildman–Crippen MR) is 122 cm³/mol. The second-order valence-electron chi connectivity index (χ2n) is 8.19. The molecule has 2 fully saturated rings. The van der Waals surface area contributed by atoms with Gasteiger partial charge in [0.05, 0.1) is 5.25 Å². The summed E-state index contributed by atoms with van der Waals surface area (Å²) >= 11 is 6.21. The Kier molecular flexibility index (Phi) is 5.17. The molecule has 30 heavy (non-hydrogen) atoms. The van der Waals surface area contributed by atoms with Gasteiger partial charge >= 0.3 is 0 Å². The van der Waals surface area contributed by atoms with Gasteiger partial charge in [-0.2, -0.15) is 0 Å². The number of nitrogens with one attached hydrogen (secondary N) is 1. The third-order valence-corrected chi connectivity index (χ3v) is 8.67. The maximum atomic E-state index is 12.5. The quantitative estimate of drug-likeness (QED) is 0.610. The van der Waals surface area contributed by atoms with E-state index in [0.717, 1.165) is 53.3 Å². The Morgan fingerprint density at radius 3 is 2.53 bits per heavy atom. The summed E-state index contributed by atoms with van der Waals surface area (Å²) in [4.78, 5) is 4.31. The molecule has 1 aliphatic heterocycles. The number of halogens is 1. The number of rotatable bonds is 5. The van der Waals surface area contributed by atoms with Crippen molar-refractivity contribution in [2.45, 2.75) is 37.0 Å². The Hall–Kier alpha value is -2.15. The molecule has 1 saturated carbocycles. The number of nitrogens with zero attached hydrogens (tertiary/aromatic N) is 2. The molecule has 2 aliphatic rings. The van der Waals surface area contributed by atoms with Crippen molar-refractivity contribution < 1.29 is 8.42 Å². The van der Waals surface area contributed by atoms with Gasteiger partial charge in [0.1, 0.15) is 0 Å². The lowest BCUT2D eigenvalue weighted by molar-refractivity contribution is 0.329. The first-order chi connectivity index (χ1) is 14.5. The molecule has 3 aromatic rings. The van der Waals surface area contributed by atoms with Crippen LogP contribution in [0, 0.1) is 0 Å². The monoisotopic (exact) mass is 441 g/mol. The lowest BCUT2D eigenvalue weighted by Crippen LogP contribution is -2.43. The summed E-state index contributed by atoms with van der Waals surface area (Å²) in [5.74, 6) is 0. The van der Waals surface area contributed by atoms with Gasteiger partial charge < -0.3 is 5.32 Å². The number of anilines is 1. The molecule has 0 radical (unpaired) electrons. The molecule has 1 aromatic heterocycles. The average Bonchev–Trinajstić information content (AvgIpc) is 3.60. The molecular weight excluding hydrogens is 418 g/mol. The van der Waals surface area contributed by atoms with E-state index in [4.69, 9.17) is 11.6 Å². The SMILES string of the molecule is O=S(=O)(C1CC1)N1CCC(Nc2cc(-c3cccc(Cl)c3)cc3ccncc23)CC1. The van der Waals surface area contributed by atoms with Crippen molar-refractivity contribution >= 4 is 38.1 Å². The maximum Gasteiger partial charge on any atom is 0.216 e. The van der Waals surface area contributed by atoms with Crippen molar-refractivity contribution in [1.82, 2.24) is 9.29 Å². The molecule has 156 valence electrons. The van der Waals surface area contributed by atoms with Gasteiger partial charge in [-0.1, -0.05) is 23.7 Å². The molecule has 0 atom stereocenters. The van der Waals surface area contributed by atoms with E-state index in [1.54, 1.807) is 10.5 Å². The third-order valence-electron chi connectivity index (χ3n) is 6.03. The first kappa shape index (κ1) is 19.8. The van der Waals surface area contributed by atoms with Gasteiger partial charge in [-0.05, 0) is 72.5 Å². The topological polar surface area (TPSA) is 62.3 Å². The maximum absolute atomic E-state index is 12.5. The number of pyridine rings is 1. The molecule has 1 saturated heterocycles. The standard InChI is InChI=1S/C23H24ClN3O2S/c24-19-3-1-2-16(13-19)18-12-17-6-9-25-15-22(17)23(14-18)26-20-7-10-27(11-8-20)30(28,29)21-4-5-21/h1-3,6,9,12-15,20-21,26H,4-5,7-8,10-11H2. The molecule has 1 N–H and O–H groups in total. The highest BCUT2D eigenvalue weighted by Gasteiger charge is 2.41. The minimum atomic E-state index is -3.08. The van der Waals surface area contributed by atoms with Crippen LogP contribution >= 0.6 is 11.6 Å². The molecular formula is C23H24ClN3O2S. The molecule has 2 aromatic carbocycles. The van der Waals surface area contributed by atoms with Gasteiger partial charge in [0.25, 0.3) is 0 Å². The summed E-state index contributed by atoms with van der Waals surface area (Å²) in [5.41, 5.74) is 3.18. The van der Waals surface area contributed by atoms with Gasteiger partial charge in [-0.25, -0.2) is 12.7 Å². The second kappa shape index (κ2) is 7.84. The summed E-state index contributed by atoms with van der Waals surface area (Å²) in [7, 11) is -3.08. The lowest BCUT2D eigenvalue weighted by Gasteiger charge is -2.32. The summed E-state index contributed by atoms with van der Waals surface area (Å²) in [6, 6.07) is 14.4. The highest BCUT2D eigenvalue weighted by Crippen LogP contribution is 2.35. The molecule has 2 heterocycles. The fourth-order valence-electron chi connectivity index (χ4n) is 4.20. The van der Waals surface area contributed by atoms with Gasteiger partial charge in [-0.15, -0.1) is 0 Å². The zero-order chi connectivity index (χ0) is 20.7. The van der Waals surface area contributed by atoms with Gasteiger partial charge in [0.2, 0.25) is 10.0 Å². The average molecular weight is 442 g/mol. The van der Waals surface area contributed by atoms with Crippen LogP contribution in [0.2, 0.25) is 5.02 Å². The molecule has 5 rings (SSSR count). The lowest BCUT2D eigenvalue weighted by atomic mass is 9.99. The zero-order valence-electron chi connectivity index (χ0n) is 16.6. The number of hydrogen-bond acceptors (Lipinski definition) is 4. The number of benzene rings is 2. The van der Waals surface area contributed by atoms with Crippen LogP contribution in [0.4, 0.5) is 5.69 Å². The predicted octanol–water partition coefficient (Wildman–Crippen LogP) is 4.92. The van der Waals surface area contributed by atoms with Crippen molar-refractivity contribution in [2.24, 2.45) is 0 Å². The Balaban J connectivity index is 1.40. The number of hydrogen-bond donors (Lipinski definition) is 1. The molecule has 7 heteroatoms. The largest absolute Gasteiger partial charge is 0.382 e. The number of fused-ring (bicyclic) bond motifs is 1. The zero-order valence-corrected chi connectivity index (χ0v) is 18.2. The van der Waals surface area contributed by atoms with Crippen LogP contribution in [0.5, 0.6) is 0 Å². The highest BCUT2D eigenvalue weighted by atomic mass is 35.5. The van der Waals surface area contributed by atoms with E-state index in [9.17, 15) is 8.42 Å². The van der Waals surface area contributed by atoms with Crippen molar-refractivity contribution in [3.05, 3.63) is 59.9 Å². The Morgan fingerprint density at radius 2 is 1.80 bits per heavy atom. The second-order valence-corrected chi connectivity index (χ2v) is 10.8. The summed E-state index contributed by atoms with van der Waals surface area (Å²) in [6.07, 6.45) is 6.91. The van der Waals surface area contributed by atoms with E-state index in [-0.39, 0.29) is 11.3 Å². The fourth-order valence-corrected chi connectivity index (χ4v) is 6.27. The first-order valence-electron chi connectivity index (χ1n) is 10.4. The van der Waals surface area contributed by atoms with Gasteiger partial charge in [-0.3, -0.25) is 4.98 Å². The molecule has 5 nitrogen and oxygen atoms in total. The Bertz CT molecular complexity index is 1190. The minimum absolute atomic E-state index is 0.133. The molecule has 0 bridgehead atoms. The fraction of sp³-hybridized carbons (Fsp3) is 0.348. The van der Waals surface area contributed by atoms with E-state index in [0.29, 0.717) is 18.1 Å². The molecule has 1 aliphatic carbocycles. The van der Waals surface area contributed by atoms with Crippen LogP contribution in [0.1, 0.15) is 25.7 Å². The normalized spacial score (nSPS) is 18.6. The summed E-state index contributed by atoms with van der Waals surface area (Å²) < 4.78 is 26.7. The number of piperidine rings is 1.